The second-order valence-corrected chi connectivity index (χ2v) is 5.00. The van der Waals surface area contributed by atoms with E-state index < -0.39 is 12.0 Å². The Morgan fingerprint density at radius 1 is 1.63 bits per heavy atom. The smallest absolute Gasteiger partial charge is 0.323 e. The van der Waals surface area contributed by atoms with Gasteiger partial charge >= 0.3 is 12.0 Å². The number of carboxylic acid groups (broad SMARTS) is 1. The maximum absolute atomic E-state index is 11.8. The van der Waals surface area contributed by atoms with Crippen molar-refractivity contribution in [2.75, 3.05) is 13.1 Å². The van der Waals surface area contributed by atoms with Crippen LogP contribution in [0.1, 0.15) is 16.8 Å². The molecule has 1 rings (SSSR count). The summed E-state index contributed by atoms with van der Waals surface area (Å²) in [6.07, 6.45) is 4.18. The number of carbonyl (C=O) groups is 2. The van der Waals surface area contributed by atoms with E-state index in [1.165, 1.54) is 22.3 Å². The van der Waals surface area contributed by atoms with Crippen LogP contribution in [0, 0.1) is 0 Å². The van der Waals surface area contributed by atoms with Crippen LogP contribution in [-0.4, -0.2) is 40.1 Å². The molecule has 0 aliphatic carbocycles. The molecule has 19 heavy (non-hydrogen) atoms. The fourth-order valence-electron chi connectivity index (χ4n) is 1.39. The molecule has 0 saturated heterocycles. The standard InChI is InChI=1S/C12H17N3O3S/c1-3-5-15(8-11(16)17)12(18)14-7-10-13-6-9(4-2)19-10/h3,6H,1,4-5,7-8H2,2H3,(H,14,18)(H,16,17). The van der Waals surface area contributed by atoms with Gasteiger partial charge in [-0.25, -0.2) is 9.78 Å². The number of carboxylic acids is 1. The number of nitrogens with one attached hydrogen (secondary N) is 1. The quantitative estimate of drug-likeness (QED) is 0.743. The molecule has 0 saturated carbocycles. The summed E-state index contributed by atoms with van der Waals surface area (Å²) in [5, 5.41) is 12.2. The van der Waals surface area contributed by atoms with Gasteiger partial charge in [0.1, 0.15) is 11.6 Å². The summed E-state index contributed by atoms with van der Waals surface area (Å²) >= 11 is 1.53. The van der Waals surface area contributed by atoms with Gasteiger partial charge in [0.2, 0.25) is 0 Å². The zero-order valence-electron chi connectivity index (χ0n) is 10.8. The zero-order valence-corrected chi connectivity index (χ0v) is 11.6. The fraction of sp³-hybridized carbons (Fsp3) is 0.417. The summed E-state index contributed by atoms with van der Waals surface area (Å²) < 4.78 is 0. The molecule has 1 heterocycles. The minimum Gasteiger partial charge on any atom is -0.480 e. The highest BCUT2D eigenvalue weighted by atomic mass is 32.1. The Balaban J connectivity index is 2.51. The van der Waals surface area contributed by atoms with Crippen LogP contribution >= 0.6 is 11.3 Å². The van der Waals surface area contributed by atoms with Crippen molar-refractivity contribution in [2.45, 2.75) is 19.9 Å². The minimum atomic E-state index is -1.06. The Morgan fingerprint density at radius 2 is 2.37 bits per heavy atom. The van der Waals surface area contributed by atoms with Crippen molar-refractivity contribution in [1.82, 2.24) is 15.2 Å². The Morgan fingerprint density at radius 3 is 2.89 bits per heavy atom. The molecule has 0 aromatic carbocycles. The lowest BCUT2D eigenvalue weighted by molar-refractivity contribution is -0.137. The number of hydrogen-bond donors (Lipinski definition) is 2. The molecule has 2 N–H and O–H groups in total. The molecule has 0 fully saturated rings. The van der Waals surface area contributed by atoms with Crippen LogP contribution in [0.25, 0.3) is 0 Å². The predicted octanol–water partition coefficient (Wildman–Crippen LogP) is 1.49. The van der Waals surface area contributed by atoms with E-state index in [0.717, 1.165) is 16.3 Å². The molecule has 104 valence electrons. The summed E-state index contributed by atoms with van der Waals surface area (Å²) in [5.74, 6) is -1.06. The van der Waals surface area contributed by atoms with Gasteiger partial charge in [-0.3, -0.25) is 4.79 Å². The Kier molecular flexibility index (Phi) is 6.01. The lowest BCUT2D eigenvalue weighted by Gasteiger charge is -2.18. The van der Waals surface area contributed by atoms with E-state index in [1.54, 1.807) is 6.20 Å². The van der Waals surface area contributed by atoms with E-state index in [9.17, 15) is 9.59 Å². The van der Waals surface area contributed by atoms with Gasteiger partial charge in [-0.1, -0.05) is 13.0 Å². The van der Waals surface area contributed by atoms with Crippen molar-refractivity contribution in [1.29, 1.82) is 0 Å². The van der Waals surface area contributed by atoms with Crippen molar-refractivity contribution >= 4 is 23.3 Å². The molecule has 1 aromatic rings. The van der Waals surface area contributed by atoms with Gasteiger partial charge in [-0.05, 0) is 6.42 Å². The van der Waals surface area contributed by atoms with E-state index in [0.29, 0.717) is 6.54 Å². The number of aliphatic carboxylic acids is 1. The number of nitrogens with zero attached hydrogens (tertiary/aromatic N) is 2. The number of carbonyl (C=O) groups excluding carboxylic acids is 1. The second-order valence-electron chi connectivity index (χ2n) is 3.80. The first kappa shape index (κ1) is 15.2. The first-order valence-electron chi connectivity index (χ1n) is 5.85. The van der Waals surface area contributed by atoms with Gasteiger partial charge in [0.05, 0.1) is 6.54 Å². The summed E-state index contributed by atoms with van der Waals surface area (Å²) in [4.78, 5) is 28.9. The average Bonchev–Trinajstić information content (AvgIpc) is 2.83. The Hall–Kier alpha value is -1.89. The van der Waals surface area contributed by atoms with E-state index in [2.05, 4.69) is 16.9 Å². The number of aryl methyl sites for hydroxylation is 1. The number of urea groups is 1. The van der Waals surface area contributed by atoms with E-state index >= 15 is 0 Å². The molecule has 2 amide bonds. The largest absolute Gasteiger partial charge is 0.480 e. The van der Waals surface area contributed by atoms with E-state index in [1.807, 2.05) is 6.92 Å². The molecular weight excluding hydrogens is 266 g/mol. The fourth-order valence-corrected chi connectivity index (χ4v) is 2.20. The van der Waals surface area contributed by atoms with E-state index in [4.69, 9.17) is 5.11 Å². The lowest BCUT2D eigenvalue weighted by atomic mass is 10.4. The summed E-state index contributed by atoms with van der Waals surface area (Å²) in [5.41, 5.74) is 0. The predicted molar refractivity (Wildman–Crippen MR) is 73.1 cm³/mol. The van der Waals surface area contributed by atoms with Gasteiger partial charge < -0.3 is 15.3 Å². The highest BCUT2D eigenvalue weighted by Gasteiger charge is 2.15. The first-order chi connectivity index (χ1) is 9.06. The third-order valence-corrected chi connectivity index (χ3v) is 3.45. The first-order valence-corrected chi connectivity index (χ1v) is 6.67. The van der Waals surface area contributed by atoms with Crippen molar-refractivity contribution in [3.8, 4) is 0 Å². The summed E-state index contributed by atoms with van der Waals surface area (Å²) in [6.45, 7) is 5.68. The normalized spacial score (nSPS) is 9.95. The molecule has 1 aromatic heterocycles. The lowest BCUT2D eigenvalue weighted by Crippen LogP contribution is -2.42. The number of rotatable bonds is 7. The van der Waals surface area contributed by atoms with Crippen LogP contribution in [0.5, 0.6) is 0 Å². The van der Waals surface area contributed by atoms with E-state index in [-0.39, 0.29) is 13.1 Å². The van der Waals surface area contributed by atoms with Gasteiger partial charge in [-0.15, -0.1) is 17.9 Å². The number of aromatic nitrogens is 1. The average molecular weight is 283 g/mol. The molecule has 0 unspecified atom stereocenters. The van der Waals surface area contributed by atoms with Crippen LogP contribution in [0.3, 0.4) is 0 Å². The van der Waals surface area contributed by atoms with Crippen molar-refractivity contribution in [3.05, 3.63) is 28.7 Å². The number of hydrogen-bond acceptors (Lipinski definition) is 4. The van der Waals surface area contributed by atoms with Crippen molar-refractivity contribution in [3.63, 3.8) is 0 Å². The minimum absolute atomic E-state index is 0.191. The number of thiazole rings is 1. The monoisotopic (exact) mass is 283 g/mol. The number of amides is 2. The van der Waals surface area contributed by atoms with Gasteiger partial charge in [0, 0.05) is 17.6 Å². The molecule has 0 atom stereocenters. The molecule has 7 heteroatoms. The van der Waals surface area contributed by atoms with Crippen LogP contribution in [-0.2, 0) is 17.8 Å². The van der Waals surface area contributed by atoms with Gasteiger partial charge in [0.15, 0.2) is 0 Å². The topological polar surface area (TPSA) is 82.5 Å². The highest BCUT2D eigenvalue weighted by molar-refractivity contribution is 7.11. The SMILES string of the molecule is C=CCN(CC(=O)O)C(=O)NCc1ncc(CC)s1. The molecule has 0 radical (unpaired) electrons. The highest BCUT2D eigenvalue weighted by Crippen LogP contribution is 2.12. The van der Waals surface area contributed by atoms with Crippen LogP contribution in [0.4, 0.5) is 4.79 Å². The van der Waals surface area contributed by atoms with Crippen molar-refractivity contribution in [2.24, 2.45) is 0 Å². The van der Waals surface area contributed by atoms with Gasteiger partial charge in [0.25, 0.3) is 0 Å². The summed E-state index contributed by atoms with van der Waals surface area (Å²) in [7, 11) is 0. The maximum atomic E-state index is 11.8. The molecule has 0 spiro atoms. The van der Waals surface area contributed by atoms with Crippen LogP contribution in [0.2, 0.25) is 0 Å². The van der Waals surface area contributed by atoms with Gasteiger partial charge in [-0.2, -0.15) is 0 Å². The van der Waals surface area contributed by atoms with Crippen LogP contribution < -0.4 is 5.32 Å². The third-order valence-electron chi connectivity index (χ3n) is 2.30. The summed E-state index contributed by atoms with van der Waals surface area (Å²) in [6, 6.07) is -0.435. The molecule has 0 aliphatic heterocycles. The third kappa shape index (κ3) is 5.09. The molecule has 0 bridgehead atoms. The molecule has 6 nitrogen and oxygen atoms in total. The Bertz CT molecular complexity index is 459. The van der Waals surface area contributed by atoms with Crippen molar-refractivity contribution < 1.29 is 14.7 Å². The molecule has 0 aliphatic rings. The molecular formula is C12H17N3O3S. The maximum Gasteiger partial charge on any atom is 0.323 e. The second kappa shape index (κ2) is 7.52. The van der Waals surface area contributed by atoms with Crippen LogP contribution in [0.15, 0.2) is 18.9 Å². The zero-order chi connectivity index (χ0) is 14.3. The Labute approximate surface area is 115 Å².